The van der Waals surface area contributed by atoms with Crippen LogP contribution in [0.3, 0.4) is 0 Å². The average molecular weight is 291 g/mol. The molecule has 0 aliphatic heterocycles. The van der Waals surface area contributed by atoms with Crippen LogP contribution >= 0.6 is 12.2 Å². The van der Waals surface area contributed by atoms with Gasteiger partial charge < -0.3 is 9.64 Å². The first-order valence-electron chi connectivity index (χ1n) is 6.92. The molecule has 2 nitrogen and oxygen atoms in total. The quantitative estimate of drug-likeness (QED) is 0.579. The molecule has 1 aromatic carbocycles. The van der Waals surface area contributed by atoms with Gasteiger partial charge in [0.15, 0.2) is 0 Å². The van der Waals surface area contributed by atoms with Crippen molar-refractivity contribution in [1.82, 2.24) is 4.90 Å². The molecule has 20 heavy (non-hydrogen) atoms. The summed E-state index contributed by atoms with van der Waals surface area (Å²) < 4.78 is 5.98. The van der Waals surface area contributed by atoms with Gasteiger partial charge in [-0.3, -0.25) is 0 Å². The Morgan fingerprint density at radius 2 is 1.95 bits per heavy atom. The van der Waals surface area contributed by atoms with Crippen LogP contribution in [0.15, 0.2) is 43.0 Å². The van der Waals surface area contributed by atoms with E-state index in [-0.39, 0.29) is 11.5 Å². The number of nitrogens with zero attached hydrogens (tertiary/aromatic N) is 1. The lowest BCUT2D eigenvalue weighted by molar-refractivity contribution is 0.0762. The molecule has 0 radical (unpaired) electrons. The van der Waals surface area contributed by atoms with E-state index >= 15 is 0 Å². The normalized spacial score (nSPS) is 12.6. The molecule has 1 unspecified atom stereocenters. The molecule has 0 saturated heterocycles. The van der Waals surface area contributed by atoms with E-state index in [2.05, 4.69) is 44.7 Å². The molecule has 0 spiro atoms. The van der Waals surface area contributed by atoms with Crippen LogP contribution in [0.5, 0.6) is 0 Å². The molecule has 1 aromatic rings. The molecule has 0 heterocycles. The van der Waals surface area contributed by atoms with Crippen LogP contribution in [0.25, 0.3) is 0 Å². The highest BCUT2D eigenvalue weighted by Crippen LogP contribution is 2.28. The van der Waals surface area contributed by atoms with Crippen molar-refractivity contribution in [2.24, 2.45) is 5.41 Å². The maximum absolute atomic E-state index is 5.98. The third-order valence-corrected chi connectivity index (χ3v) is 3.96. The Kier molecular flexibility index (Phi) is 6.21. The summed E-state index contributed by atoms with van der Waals surface area (Å²) in [5.74, 6) is 0. The van der Waals surface area contributed by atoms with Crippen LogP contribution < -0.4 is 0 Å². The zero-order valence-corrected chi connectivity index (χ0v) is 13.7. The molecule has 1 rings (SSSR count). The Labute approximate surface area is 128 Å². The summed E-state index contributed by atoms with van der Waals surface area (Å²) >= 11 is 5.27. The van der Waals surface area contributed by atoms with Gasteiger partial charge in [-0.15, -0.1) is 6.58 Å². The molecule has 0 aliphatic carbocycles. The third kappa shape index (κ3) is 4.97. The van der Waals surface area contributed by atoms with Crippen LogP contribution in [-0.2, 0) is 11.2 Å². The highest BCUT2D eigenvalue weighted by Gasteiger charge is 2.29. The Bertz CT molecular complexity index is 440. The number of rotatable bonds is 6. The van der Waals surface area contributed by atoms with Crippen molar-refractivity contribution in [3.63, 3.8) is 0 Å². The largest absolute Gasteiger partial charge is 0.467 e. The Morgan fingerprint density at radius 3 is 2.45 bits per heavy atom. The van der Waals surface area contributed by atoms with Crippen molar-refractivity contribution in [2.75, 3.05) is 14.1 Å². The number of aryl methyl sites for hydroxylation is 1. The van der Waals surface area contributed by atoms with E-state index in [1.54, 1.807) is 0 Å². The summed E-state index contributed by atoms with van der Waals surface area (Å²) in [7, 11) is 3.80. The number of benzene rings is 1. The van der Waals surface area contributed by atoms with Gasteiger partial charge in [-0.2, -0.15) is 0 Å². The van der Waals surface area contributed by atoms with E-state index in [4.69, 9.17) is 17.0 Å². The minimum atomic E-state index is -0.116. The van der Waals surface area contributed by atoms with E-state index in [0.717, 1.165) is 12.8 Å². The summed E-state index contributed by atoms with van der Waals surface area (Å²) in [4.78, 5) is 1.82. The van der Waals surface area contributed by atoms with Gasteiger partial charge in [-0.1, -0.05) is 50.3 Å². The van der Waals surface area contributed by atoms with Gasteiger partial charge in [0.05, 0.1) is 0 Å². The lowest BCUT2D eigenvalue weighted by Crippen LogP contribution is -2.36. The highest BCUT2D eigenvalue weighted by atomic mass is 32.1. The predicted molar refractivity (Wildman–Crippen MR) is 89.9 cm³/mol. The summed E-state index contributed by atoms with van der Waals surface area (Å²) in [6, 6.07) is 10.4. The fourth-order valence-electron chi connectivity index (χ4n) is 1.88. The van der Waals surface area contributed by atoms with Crippen molar-refractivity contribution in [1.29, 1.82) is 0 Å². The van der Waals surface area contributed by atoms with Gasteiger partial charge in [0.2, 0.25) is 0 Å². The van der Waals surface area contributed by atoms with Crippen LogP contribution in [0.2, 0.25) is 0 Å². The monoisotopic (exact) mass is 291 g/mol. The van der Waals surface area contributed by atoms with Crippen molar-refractivity contribution in [3.8, 4) is 0 Å². The fraction of sp³-hybridized carbons (Fsp3) is 0.471. The molecular formula is C17H25NOS. The minimum Gasteiger partial charge on any atom is -0.467 e. The second-order valence-electron chi connectivity index (χ2n) is 5.82. The molecule has 0 aliphatic rings. The standard InChI is InChI=1S/C17H25NOS/c1-6-17(2,3)15(19-16(20)18(4)5)13-12-14-10-8-7-9-11-14/h6-11,15H,1,12-13H2,2-5H3. The molecule has 3 heteroatoms. The first-order chi connectivity index (χ1) is 9.36. The van der Waals surface area contributed by atoms with Crippen LogP contribution in [0.4, 0.5) is 0 Å². The van der Waals surface area contributed by atoms with Crippen molar-refractivity contribution in [3.05, 3.63) is 48.6 Å². The summed E-state index contributed by atoms with van der Waals surface area (Å²) in [5.41, 5.74) is 1.20. The summed E-state index contributed by atoms with van der Waals surface area (Å²) in [6.07, 6.45) is 3.85. The van der Waals surface area contributed by atoms with Crippen LogP contribution in [0, 0.1) is 5.41 Å². The Hall–Kier alpha value is -1.35. The van der Waals surface area contributed by atoms with Crippen LogP contribution in [-0.4, -0.2) is 30.3 Å². The van der Waals surface area contributed by atoms with Gasteiger partial charge in [-0.05, 0) is 30.6 Å². The van der Waals surface area contributed by atoms with Gasteiger partial charge >= 0.3 is 0 Å². The predicted octanol–water partition coefficient (Wildman–Crippen LogP) is 4.06. The maximum atomic E-state index is 5.98. The van der Waals surface area contributed by atoms with Crippen LogP contribution in [0.1, 0.15) is 25.8 Å². The Balaban J connectivity index is 2.73. The Morgan fingerprint density at radius 1 is 1.35 bits per heavy atom. The molecule has 0 N–H and O–H groups in total. The van der Waals surface area contributed by atoms with E-state index in [0.29, 0.717) is 5.17 Å². The molecule has 0 bridgehead atoms. The smallest absolute Gasteiger partial charge is 0.259 e. The average Bonchev–Trinajstić information content (AvgIpc) is 2.43. The lowest BCUT2D eigenvalue weighted by Gasteiger charge is -2.33. The zero-order chi connectivity index (χ0) is 15.2. The highest BCUT2D eigenvalue weighted by molar-refractivity contribution is 7.80. The molecule has 0 aromatic heterocycles. The number of ether oxygens (including phenoxy) is 1. The third-order valence-electron chi connectivity index (χ3n) is 3.50. The zero-order valence-electron chi connectivity index (χ0n) is 12.9. The first-order valence-corrected chi connectivity index (χ1v) is 7.33. The SMILES string of the molecule is C=CC(C)(C)C(CCc1ccccc1)OC(=S)N(C)C. The van der Waals surface area contributed by atoms with Crippen molar-refractivity contribution in [2.45, 2.75) is 32.8 Å². The lowest BCUT2D eigenvalue weighted by atomic mass is 9.83. The number of hydrogen-bond donors (Lipinski definition) is 0. The molecule has 0 amide bonds. The first kappa shape index (κ1) is 16.7. The summed E-state index contributed by atoms with van der Waals surface area (Å²) in [6.45, 7) is 8.19. The number of thiocarbonyl (C=S) groups is 1. The van der Waals surface area contributed by atoms with E-state index in [1.165, 1.54) is 5.56 Å². The second kappa shape index (κ2) is 7.44. The molecule has 0 fully saturated rings. The van der Waals surface area contributed by atoms with Gasteiger partial charge in [0, 0.05) is 19.5 Å². The molecule has 110 valence electrons. The van der Waals surface area contributed by atoms with Crippen molar-refractivity contribution >= 4 is 17.4 Å². The fourth-order valence-corrected chi connectivity index (χ4v) is 2.00. The molecular weight excluding hydrogens is 266 g/mol. The van der Waals surface area contributed by atoms with E-state index in [9.17, 15) is 0 Å². The van der Waals surface area contributed by atoms with Crippen molar-refractivity contribution < 1.29 is 4.74 Å². The van der Waals surface area contributed by atoms with E-state index < -0.39 is 0 Å². The molecule has 0 saturated carbocycles. The molecule has 1 atom stereocenters. The van der Waals surface area contributed by atoms with Gasteiger partial charge in [-0.25, -0.2) is 0 Å². The second-order valence-corrected chi connectivity index (χ2v) is 6.17. The maximum Gasteiger partial charge on any atom is 0.259 e. The van der Waals surface area contributed by atoms with E-state index in [1.807, 2.05) is 31.1 Å². The summed E-state index contributed by atoms with van der Waals surface area (Å²) in [5, 5.41) is 0.526. The van der Waals surface area contributed by atoms with Gasteiger partial charge in [0.25, 0.3) is 5.17 Å². The van der Waals surface area contributed by atoms with Gasteiger partial charge in [0.1, 0.15) is 6.10 Å². The number of hydrogen-bond acceptors (Lipinski definition) is 2. The minimum absolute atomic E-state index is 0.0232. The topological polar surface area (TPSA) is 12.5 Å².